The summed E-state index contributed by atoms with van der Waals surface area (Å²) in [5.41, 5.74) is 4.41. The van der Waals surface area contributed by atoms with Crippen LogP contribution in [0.15, 0.2) is 22.4 Å². The fourth-order valence-electron chi connectivity index (χ4n) is 0.797. The summed E-state index contributed by atoms with van der Waals surface area (Å²) in [4.78, 5) is 10.1. The first-order chi connectivity index (χ1) is 6.21. The van der Waals surface area contributed by atoms with Gasteiger partial charge in [-0.3, -0.25) is 4.79 Å². The maximum Gasteiger partial charge on any atom is 0.247 e. The fourth-order valence-corrected chi connectivity index (χ4v) is 1.70. The van der Waals surface area contributed by atoms with Gasteiger partial charge >= 0.3 is 0 Å². The first-order valence-electron chi connectivity index (χ1n) is 3.74. The third-order valence-corrected chi connectivity index (χ3v) is 2.79. The Morgan fingerprint density at radius 3 is 2.07 bits per heavy atom. The summed E-state index contributed by atoms with van der Waals surface area (Å²) in [5.74, 6) is -2.08. The lowest BCUT2D eigenvalue weighted by molar-refractivity contribution is -0.114. The van der Waals surface area contributed by atoms with Crippen molar-refractivity contribution >= 4 is 15.7 Å². The average Bonchev–Trinajstić information content (AvgIpc) is 2.01. The highest BCUT2D eigenvalue weighted by atomic mass is 32.2. The van der Waals surface area contributed by atoms with E-state index >= 15 is 0 Å². The van der Waals surface area contributed by atoms with Crippen LogP contribution in [0.1, 0.15) is 13.8 Å². The largest absolute Gasteiger partial charge is 0.366 e. The van der Waals surface area contributed by atoms with Gasteiger partial charge in [0.25, 0.3) is 0 Å². The molecule has 0 aliphatic heterocycles. The van der Waals surface area contributed by atoms with Crippen LogP contribution in [0.4, 0.5) is 4.39 Å². The Labute approximate surface area is 82.2 Å². The van der Waals surface area contributed by atoms with E-state index in [1.807, 2.05) is 0 Å². The molecule has 0 unspecified atom stereocenters. The van der Waals surface area contributed by atoms with Crippen molar-refractivity contribution < 1.29 is 17.6 Å². The summed E-state index contributed by atoms with van der Waals surface area (Å²) in [6, 6.07) is 0. The topological polar surface area (TPSA) is 77.2 Å². The van der Waals surface area contributed by atoms with Crippen molar-refractivity contribution in [3.63, 3.8) is 0 Å². The molecule has 6 heteroatoms. The number of allylic oxidation sites excluding steroid dienone is 2. The number of primary amides is 1. The van der Waals surface area contributed by atoms with Crippen LogP contribution in [0.2, 0.25) is 0 Å². The number of hydrogen-bond donors (Lipinski definition) is 1. The van der Waals surface area contributed by atoms with Crippen molar-refractivity contribution in [2.24, 2.45) is 5.73 Å². The predicted molar refractivity (Wildman–Crippen MR) is 51.6 cm³/mol. The van der Waals surface area contributed by atoms with E-state index in [9.17, 15) is 17.6 Å². The van der Waals surface area contributed by atoms with Gasteiger partial charge in [-0.25, -0.2) is 12.8 Å². The van der Waals surface area contributed by atoms with Crippen LogP contribution < -0.4 is 5.73 Å². The van der Waals surface area contributed by atoms with E-state index in [4.69, 9.17) is 5.73 Å². The standard InChI is InChI=1S/C8H12FNO3S/c1-4-6(14(3,12)13)7(9)5(2)8(10)11/h4H,1-3H3,(H2,10,11)/b6-4+,7-5-. The second-order valence-corrected chi connectivity index (χ2v) is 4.71. The Balaban J connectivity index is 5.55. The highest BCUT2D eigenvalue weighted by Gasteiger charge is 2.19. The lowest BCUT2D eigenvalue weighted by atomic mass is 10.2. The van der Waals surface area contributed by atoms with Gasteiger partial charge in [0.15, 0.2) is 9.84 Å². The van der Waals surface area contributed by atoms with Crippen LogP contribution >= 0.6 is 0 Å². The van der Waals surface area contributed by atoms with Crippen LogP contribution in [0.5, 0.6) is 0 Å². The number of carbonyl (C=O) groups is 1. The van der Waals surface area contributed by atoms with E-state index < -0.39 is 32.0 Å². The van der Waals surface area contributed by atoms with Gasteiger partial charge < -0.3 is 5.73 Å². The van der Waals surface area contributed by atoms with Gasteiger partial charge in [-0.1, -0.05) is 6.08 Å². The Bertz CT molecular complexity index is 406. The number of carbonyl (C=O) groups excluding carboxylic acids is 1. The van der Waals surface area contributed by atoms with Gasteiger partial charge in [-0.2, -0.15) is 0 Å². The van der Waals surface area contributed by atoms with E-state index in [0.717, 1.165) is 19.3 Å². The van der Waals surface area contributed by atoms with Crippen molar-refractivity contribution in [3.05, 3.63) is 22.4 Å². The molecule has 0 spiro atoms. The zero-order valence-electron chi connectivity index (χ0n) is 8.17. The number of sulfone groups is 1. The molecule has 0 bridgehead atoms. The van der Waals surface area contributed by atoms with Crippen LogP contribution in [0.3, 0.4) is 0 Å². The normalized spacial score (nSPS) is 15.0. The summed E-state index contributed by atoms with van der Waals surface area (Å²) < 4.78 is 35.4. The fraction of sp³-hybridized carbons (Fsp3) is 0.375. The molecule has 0 aromatic heterocycles. The highest BCUT2D eigenvalue weighted by Crippen LogP contribution is 2.20. The summed E-state index contributed by atoms with van der Waals surface area (Å²) >= 11 is 0. The molecule has 0 radical (unpaired) electrons. The van der Waals surface area contributed by atoms with Gasteiger partial charge in [0.05, 0.1) is 10.5 Å². The van der Waals surface area contributed by atoms with E-state index in [-0.39, 0.29) is 0 Å². The third kappa shape index (κ3) is 2.95. The maximum atomic E-state index is 13.3. The van der Waals surface area contributed by atoms with Crippen molar-refractivity contribution in [2.45, 2.75) is 13.8 Å². The Hall–Kier alpha value is -1.17. The molecule has 0 atom stereocenters. The summed E-state index contributed by atoms with van der Waals surface area (Å²) in [7, 11) is -3.67. The number of halogens is 1. The molecule has 0 saturated heterocycles. The Morgan fingerprint density at radius 2 is 1.86 bits per heavy atom. The lowest BCUT2D eigenvalue weighted by Gasteiger charge is -2.03. The van der Waals surface area contributed by atoms with Crippen LogP contribution in [-0.4, -0.2) is 20.6 Å². The van der Waals surface area contributed by atoms with Gasteiger partial charge in [0.2, 0.25) is 5.91 Å². The van der Waals surface area contributed by atoms with Gasteiger partial charge in [-0.05, 0) is 13.8 Å². The molecule has 80 valence electrons. The monoisotopic (exact) mass is 221 g/mol. The average molecular weight is 221 g/mol. The molecule has 0 rings (SSSR count). The lowest BCUT2D eigenvalue weighted by Crippen LogP contribution is -2.15. The molecule has 1 amide bonds. The third-order valence-electron chi connectivity index (χ3n) is 1.58. The number of hydrogen-bond acceptors (Lipinski definition) is 3. The minimum absolute atomic E-state index is 0.400. The Kier molecular flexibility index (Phi) is 4.00. The van der Waals surface area contributed by atoms with E-state index in [1.54, 1.807) is 0 Å². The zero-order chi connectivity index (χ0) is 11.5. The molecule has 0 aromatic carbocycles. The molecule has 0 saturated carbocycles. The molecule has 2 N–H and O–H groups in total. The van der Waals surface area contributed by atoms with E-state index in [1.165, 1.54) is 6.92 Å². The highest BCUT2D eigenvalue weighted by molar-refractivity contribution is 7.94. The van der Waals surface area contributed by atoms with Crippen molar-refractivity contribution in [3.8, 4) is 0 Å². The minimum atomic E-state index is -3.67. The molecule has 4 nitrogen and oxygen atoms in total. The molecule has 0 fully saturated rings. The second-order valence-electron chi connectivity index (χ2n) is 2.73. The van der Waals surface area contributed by atoms with Crippen LogP contribution in [-0.2, 0) is 14.6 Å². The molecule has 0 heterocycles. The smallest absolute Gasteiger partial charge is 0.247 e. The number of amides is 1. The molecule has 0 aromatic rings. The number of nitrogens with two attached hydrogens (primary N) is 1. The zero-order valence-corrected chi connectivity index (χ0v) is 8.98. The Morgan fingerprint density at radius 1 is 1.43 bits per heavy atom. The molecule has 14 heavy (non-hydrogen) atoms. The first-order valence-corrected chi connectivity index (χ1v) is 5.63. The molecular weight excluding hydrogens is 209 g/mol. The minimum Gasteiger partial charge on any atom is -0.366 e. The van der Waals surface area contributed by atoms with Crippen LogP contribution in [0, 0.1) is 0 Å². The van der Waals surface area contributed by atoms with Crippen molar-refractivity contribution in [1.29, 1.82) is 0 Å². The van der Waals surface area contributed by atoms with E-state index in [0.29, 0.717) is 0 Å². The van der Waals surface area contributed by atoms with Crippen molar-refractivity contribution in [2.75, 3.05) is 6.26 Å². The summed E-state index contributed by atoms with van der Waals surface area (Å²) in [5, 5.41) is 0. The summed E-state index contributed by atoms with van der Waals surface area (Å²) in [6.45, 7) is 2.50. The van der Waals surface area contributed by atoms with E-state index in [2.05, 4.69) is 0 Å². The second kappa shape index (κ2) is 4.36. The van der Waals surface area contributed by atoms with Gasteiger partial charge in [0.1, 0.15) is 5.83 Å². The van der Waals surface area contributed by atoms with Gasteiger partial charge in [-0.15, -0.1) is 0 Å². The molecule has 0 aliphatic rings. The molecular formula is C8H12FNO3S. The SMILES string of the molecule is C/C=C(\C(F)=C(/C)C(N)=O)S(C)(=O)=O. The quantitative estimate of drug-likeness (QED) is 0.562. The predicted octanol–water partition coefficient (Wildman–Crippen LogP) is 0.664. The maximum absolute atomic E-state index is 13.3. The van der Waals surface area contributed by atoms with Crippen LogP contribution in [0.25, 0.3) is 0 Å². The molecule has 0 aliphatic carbocycles. The summed E-state index contributed by atoms with van der Waals surface area (Å²) in [6.07, 6.45) is 1.94. The van der Waals surface area contributed by atoms with Gasteiger partial charge in [0, 0.05) is 6.26 Å². The van der Waals surface area contributed by atoms with Crippen molar-refractivity contribution in [1.82, 2.24) is 0 Å². The first kappa shape index (κ1) is 12.8. The number of rotatable bonds is 3.